The van der Waals surface area contributed by atoms with E-state index >= 15 is 0 Å². The van der Waals surface area contributed by atoms with Gasteiger partial charge in [-0.15, -0.1) is 0 Å². The van der Waals surface area contributed by atoms with Crippen molar-refractivity contribution in [3.8, 4) is 0 Å². The number of carbonyl (C=O) groups excluding carboxylic acids is 2. The molecule has 1 aliphatic heterocycles. The number of hydrogen-bond acceptors (Lipinski definition) is 3. The molecule has 7 heteroatoms. The van der Waals surface area contributed by atoms with Gasteiger partial charge >= 0.3 is 6.03 Å². The molecular weight excluding hydrogens is 318 g/mol. The average Bonchev–Trinajstić information content (AvgIpc) is 2.95. The molecule has 2 aromatic rings. The van der Waals surface area contributed by atoms with Crippen LogP contribution in [0.1, 0.15) is 25.1 Å². The highest BCUT2D eigenvalue weighted by Crippen LogP contribution is 2.17. The third-order valence-corrected chi connectivity index (χ3v) is 4.86. The minimum atomic E-state index is -0.445. The van der Waals surface area contributed by atoms with E-state index in [-0.39, 0.29) is 11.8 Å². The first-order valence-corrected chi connectivity index (χ1v) is 8.78. The topological polar surface area (TPSA) is 93.3 Å². The van der Waals surface area contributed by atoms with E-state index in [4.69, 9.17) is 5.73 Å². The van der Waals surface area contributed by atoms with Gasteiger partial charge in [-0.3, -0.25) is 4.79 Å². The van der Waals surface area contributed by atoms with E-state index in [0.29, 0.717) is 19.6 Å². The number of nitrogens with one attached hydrogen (secondary N) is 1. The largest absolute Gasteiger partial charge is 0.356 e. The van der Waals surface area contributed by atoms with Gasteiger partial charge in [0, 0.05) is 33.1 Å². The average molecular weight is 343 g/mol. The monoisotopic (exact) mass is 343 g/mol. The highest BCUT2D eigenvalue weighted by atomic mass is 16.2. The van der Waals surface area contributed by atoms with Crippen LogP contribution < -0.4 is 11.1 Å². The minimum absolute atomic E-state index is 0.0101. The highest BCUT2D eigenvalue weighted by Gasteiger charge is 2.27. The van der Waals surface area contributed by atoms with E-state index in [1.165, 1.54) is 0 Å². The first-order chi connectivity index (χ1) is 12.1. The number of imidazole rings is 1. The van der Waals surface area contributed by atoms with Gasteiger partial charge in [-0.05, 0) is 31.4 Å². The Labute approximate surface area is 147 Å². The molecule has 0 unspecified atom stereocenters. The number of piperidine rings is 1. The lowest BCUT2D eigenvalue weighted by Crippen LogP contribution is -2.47. The zero-order valence-electron chi connectivity index (χ0n) is 14.6. The van der Waals surface area contributed by atoms with Crippen molar-refractivity contribution < 1.29 is 9.59 Å². The molecule has 1 aliphatic rings. The quantitative estimate of drug-likeness (QED) is 0.804. The van der Waals surface area contributed by atoms with Gasteiger partial charge in [0.25, 0.3) is 0 Å². The number of rotatable bonds is 5. The summed E-state index contributed by atoms with van der Waals surface area (Å²) in [5.41, 5.74) is 7.43. The number of aromatic nitrogens is 2. The lowest BCUT2D eigenvalue weighted by Gasteiger charge is -2.30. The van der Waals surface area contributed by atoms with Gasteiger partial charge in [-0.2, -0.15) is 0 Å². The van der Waals surface area contributed by atoms with E-state index in [1.807, 2.05) is 25.2 Å². The van der Waals surface area contributed by atoms with Gasteiger partial charge in [0.15, 0.2) is 0 Å². The molecule has 1 saturated heterocycles. The molecule has 1 aromatic heterocycles. The first-order valence-electron chi connectivity index (χ1n) is 8.78. The van der Waals surface area contributed by atoms with Crippen molar-refractivity contribution in [3.63, 3.8) is 0 Å². The van der Waals surface area contributed by atoms with Crippen molar-refractivity contribution in [1.29, 1.82) is 0 Å². The third-order valence-electron chi connectivity index (χ3n) is 4.86. The third kappa shape index (κ3) is 3.92. The number of benzene rings is 1. The van der Waals surface area contributed by atoms with Gasteiger partial charge in [0.1, 0.15) is 5.82 Å². The summed E-state index contributed by atoms with van der Waals surface area (Å²) in [5.74, 6) is 0.876. The lowest BCUT2D eigenvalue weighted by molar-refractivity contribution is -0.126. The fourth-order valence-electron chi connectivity index (χ4n) is 3.41. The number of nitrogens with two attached hydrogens (primary N) is 1. The van der Waals surface area contributed by atoms with Crippen LogP contribution in [0.25, 0.3) is 11.0 Å². The maximum atomic E-state index is 12.3. The lowest BCUT2D eigenvalue weighted by atomic mass is 9.97. The fraction of sp³-hybridized carbons (Fsp3) is 0.500. The molecule has 1 fully saturated rings. The Morgan fingerprint density at radius 3 is 2.92 bits per heavy atom. The van der Waals surface area contributed by atoms with Crippen molar-refractivity contribution in [2.75, 3.05) is 19.6 Å². The van der Waals surface area contributed by atoms with Crippen LogP contribution in [-0.4, -0.2) is 46.0 Å². The van der Waals surface area contributed by atoms with Crippen LogP contribution in [0.3, 0.4) is 0 Å². The molecule has 0 aliphatic carbocycles. The number of amides is 3. The summed E-state index contributed by atoms with van der Waals surface area (Å²) in [6, 6.07) is 7.61. The number of hydrogen-bond donors (Lipinski definition) is 2. The van der Waals surface area contributed by atoms with Crippen LogP contribution in [0.5, 0.6) is 0 Å². The Balaban J connectivity index is 1.47. The fourth-order valence-corrected chi connectivity index (χ4v) is 3.41. The molecule has 0 radical (unpaired) electrons. The van der Waals surface area contributed by atoms with Gasteiger partial charge in [-0.1, -0.05) is 12.1 Å². The van der Waals surface area contributed by atoms with Gasteiger partial charge < -0.3 is 20.5 Å². The van der Waals surface area contributed by atoms with Crippen molar-refractivity contribution in [3.05, 3.63) is 30.1 Å². The maximum absolute atomic E-state index is 12.3. The molecule has 1 atom stereocenters. The van der Waals surface area contributed by atoms with Crippen LogP contribution in [0.15, 0.2) is 24.3 Å². The van der Waals surface area contributed by atoms with E-state index < -0.39 is 6.03 Å². The summed E-state index contributed by atoms with van der Waals surface area (Å²) in [4.78, 5) is 29.7. The number of urea groups is 1. The Hall–Kier alpha value is -2.57. The second kappa shape index (κ2) is 7.55. The normalized spacial score (nSPS) is 17.6. The van der Waals surface area contributed by atoms with Gasteiger partial charge in [0.2, 0.25) is 5.91 Å². The van der Waals surface area contributed by atoms with Crippen molar-refractivity contribution >= 4 is 23.0 Å². The molecule has 0 saturated carbocycles. The van der Waals surface area contributed by atoms with Crippen LogP contribution in [0.2, 0.25) is 0 Å². The number of aryl methyl sites for hydroxylation is 2. The Bertz CT molecular complexity index is 770. The van der Waals surface area contributed by atoms with Crippen LogP contribution in [0, 0.1) is 5.92 Å². The SMILES string of the molecule is Cn1c(CCCNC(=O)[C@@H]2CCCN(C(N)=O)C2)nc2ccccc21. The summed E-state index contributed by atoms with van der Waals surface area (Å²) in [6.45, 7) is 1.67. The number of para-hydroxylation sites is 2. The van der Waals surface area contributed by atoms with E-state index in [0.717, 1.165) is 42.5 Å². The number of nitrogens with zero attached hydrogens (tertiary/aromatic N) is 3. The van der Waals surface area contributed by atoms with Crippen molar-refractivity contribution in [1.82, 2.24) is 19.8 Å². The molecule has 7 nitrogen and oxygen atoms in total. The molecule has 1 aromatic carbocycles. The molecule has 0 bridgehead atoms. The maximum Gasteiger partial charge on any atom is 0.314 e. The van der Waals surface area contributed by atoms with E-state index in [1.54, 1.807) is 4.90 Å². The van der Waals surface area contributed by atoms with Crippen LogP contribution in [0.4, 0.5) is 4.79 Å². The van der Waals surface area contributed by atoms with E-state index in [9.17, 15) is 9.59 Å². The van der Waals surface area contributed by atoms with Crippen molar-refractivity contribution in [2.45, 2.75) is 25.7 Å². The summed E-state index contributed by atoms with van der Waals surface area (Å²) in [6.07, 6.45) is 3.26. The summed E-state index contributed by atoms with van der Waals surface area (Å²) in [5, 5.41) is 2.98. The second-order valence-corrected chi connectivity index (χ2v) is 6.59. The summed E-state index contributed by atoms with van der Waals surface area (Å²) < 4.78 is 2.10. The molecule has 3 N–H and O–H groups in total. The molecular formula is C18H25N5O2. The molecule has 25 heavy (non-hydrogen) atoms. The number of primary amides is 1. The van der Waals surface area contributed by atoms with Crippen LogP contribution >= 0.6 is 0 Å². The number of carbonyl (C=O) groups is 2. The van der Waals surface area contributed by atoms with E-state index in [2.05, 4.69) is 20.9 Å². The van der Waals surface area contributed by atoms with Crippen molar-refractivity contribution in [2.24, 2.45) is 18.7 Å². The standard InChI is InChI=1S/C18H25N5O2/c1-22-15-8-3-2-7-14(15)21-16(22)9-4-10-20-17(24)13-6-5-11-23(12-13)18(19)25/h2-3,7-8,13H,4-6,9-12H2,1H3,(H2,19,25)(H,20,24)/t13-/m1/s1. The zero-order chi connectivity index (χ0) is 17.8. The molecule has 3 rings (SSSR count). The smallest absolute Gasteiger partial charge is 0.314 e. The Morgan fingerprint density at radius 1 is 1.36 bits per heavy atom. The highest BCUT2D eigenvalue weighted by molar-refractivity contribution is 5.80. The summed E-state index contributed by atoms with van der Waals surface area (Å²) >= 11 is 0. The number of likely N-dealkylation sites (tertiary alicyclic amines) is 1. The molecule has 3 amide bonds. The molecule has 134 valence electrons. The summed E-state index contributed by atoms with van der Waals surface area (Å²) in [7, 11) is 2.02. The Morgan fingerprint density at radius 2 is 2.16 bits per heavy atom. The van der Waals surface area contributed by atoms with Crippen LogP contribution in [-0.2, 0) is 18.3 Å². The van der Waals surface area contributed by atoms with Gasteiger partial charge in [0.05, 0.1) is 17.0 Å². The second-order valence-electron chi connectivity index (χ2n) is 6.59. The number of fused-ring (bicyclic) bond motifs is 1. The molecule has 2 heterocycles. The predicted octanol–water partition coefficient (Wildman–Crippen LogP) is 1.41. The van der Waals surface area contributed by atoms with Gasteiger partial charge in [-0.25, -0.2) is 9.78 Å². The first kappa shape index (κ1) is 17.3. The Kier molecular flexibility index (Phi) is 5.21. The zero-order valence-corrected chi connectivity index (χ0v) is 14.6. The minimum Gasteiger partial charge on any atom is -0.356 e. The molecule has 0 spiro atoms. The predicted molar refractivity (Wildman–Crippen MR) is 95.9 cm³/mol.